The fourth-order valence-electron chi connectivity index (χ4n) is 6.00. The Morgan fingerprint density at radius 2 is 1.88 bits per heavy atom. The van der Waals surface area contributed by atoms with Crippen molar-refractivity contribution in [2.24, 2.45) is 5.92 Å². The van der Waals surface area contributed by atoms with E-state index in [1.165, 1.54) is 26.8 Å². The highest BCUT2D eigenvalue weighted by atomic mass is 32.1. The summed E-state index contributed by atoms with van der Waals surface area (Å²) in [6, 6.07) is 14.8. The van der Waals surface area contributed by atoms with Gasteiger partial charge in [-0.05, 0) is 48.7 Å². The van der Waals surface area contributed by atoms with E-state index in [0.29, 0.717) is 52.8 Å². The average Bonchev–Trinajstić information content (AvgIpc) is 3.79. The van der Waals surface area contributed by atoms with Crippen molar-refractivity contribution in [2.75, 3.05) is 24.5 Å². The van der Waals surface area contributed by atoms with Crippen molar-refractivity contribution >= 4 is 34.5 Å². The third-order valence-electron chi connectivity index (χ3n) is 8.30. The van der Waals surface area contributed by atoms with Gasteiger partial charge in [-0.3, -0.25) is 9.59 Å². The second kappa shape index (κ2) is 10.5. The number of thiazole rings is 1. The molecule has 2 aliphatic rings. The maximum absolute atomic E-state index is 15.5. The van der Waals surface area contributed by atoms with Crippen molar-refractivity contribution in [1.82, 2.24) is 24.5 Å². The normalized spacial score (nSPS) is 20.0. The number of alkyl halides is 1. The van der Waals surface area contributed by atoms with E-state index in [2.05, 4.69) is 15.1 Å². The second-order valence-electron chi connectivity index (χ2n) is 10.8. The van der Waals surface area contributed by atoms with Gasteiger partial charge in [-0.2, -0.15) is 5.10 Å². The minimum Gasteiger partial charge on any atom is -0.481 e. The quantitative estimate of drug-likeness (QED) is 0.272. The number of carbonyl (C=O) groups excluding carboxylic acids is 1. The molecule has 0 unspecified atom stereocenters. The van der Waals surface area contributed by atoms with Crippen molar-refractivity contribution in [2.45, 2.75) is 25.6 Å². The summed E-state index contributed by atoms with van der Waals surface area (Å²) >= 11 is 1.36. The third-order valence-corrected chi connectivity index (χ3v) is 9.09. The van der Waals surface area contributed by atoms with Crippen molar-refractivity contribution in [3.8, 4) is 22.0 Å². The van der Waals surface area contributed by atoms with Crippen molar-refractivity contribution < 1.29 is 23.5 Å². The largest absolute Gasteiger partial charge is 0.481 e. The van der Waals surface area contributed by atoms with Gasteiger partial charge >= 0.3 is 5.97 Å². The van der Waals surface area contributed by atoms with E-state index >= 15 is 8.78 Å². The number of amides is 1. The average molecular weight is 601 g/mol. The van der Waals surface area contributed by atoms with Gasteiger partial charge in [-0.1, -0.05) is 24.3 Å². The number of aliphatic carboxylic acids is 1. The smallest absolute Gasteiger partial charge is 0.308 e. The first-order chi connectivity index (χ1) is 20.8. The molecule has 0 spiro atoms. The number of anilines is 1. The molecule has 0 radical (unpaired) electrons. The van der Waals surface area contributed by atoms with Crippen LogP contribution in [0.25, 0.3) is 27.6 Å². The molecule has 1 fully saturated rings. The highest BCUT2D eigenvalue weighted by molar-refractivity contribution is 7.13. The first-order valence-corrected chi connectivity index (χ1v) is 14.8. The van der Waals surface area contributed by atoms with Crippen molar-refractivity contribution in [1.29, 1.82) is 0 Å². The molecule has 3 aromatic heterocycles. The Balaban J connectivity index is 1.26. The number of hydrogen-bond acceptors (Lipinski definition) is 7. The molecule has 0 bridgehead atoms. The summed E-state index contributed by atoms with van der Waals surface area (Å²) in [5.41, 5.74) is 3.44. The lowest BCUT2D eigenvalue weighted by Gasteiger charge is -2.36. The Morgan fingerprint density at radius 3 is 2.60 bits per heavy atom. The van der Waals surface area contributed by atoms with Gasteiger partial charge in [0.15, 0.2) is 5.65 Å². The van der Waals surface area contributed by atoms with Crippen LogP contribution in [0.3, 0.4) is 0 Å². The van der Waals surface area contributed by atoms with Crippen LogP contribution in [0.2, 0.25) is 0 Å². The minimum absolute atomic E-state index is 0.0945. The molecule has 1 saturated heterocycles. The topological polar surface area (TPSA) is 104 Å². The summed E-state index contributed by atoms with van der Waals surface area (Å²) in [7, 11) is 0. The number of aromatic nitrogens is 4. The van der Waals surface area contributed by atoms with E-state index in [1.54, 1.807) is 48.0 Å². The van der Waals surface area contributed by atoms with Crippen LogP contribution in [0.1, 0.15) is 47.2 Å². The predicted molar refractivity (Wildman–Crippen MR) is 157 cm³/mol. The molecule has 12 heteroatoms. The second-order valence-corrected chi connectivity index (χ2v) is 11.7. The Labute approximate surface area is 249 Å². The van der Waals surface area contributed by atoms with E-state index < -0.39 is 29.8 Å². The number of carboxylic acids is 1. The number of benzene rings is 2. The minimum atomic E-state index is -1.32. The first-order valence-electron chi connectivity index (χ1n) is 13.9. The molecule has 1 amide bonds. The maximum atomic E-state index is 15.5. The number of rotatable bonds is 5. The summed E-state index contributed by atoms with van der Waals surface area (Å²) in [5, 5.41) is 16.3. The molecule has 3 atom stereocenters. The van der Waals surface area contributed by atoms with E-state index in [9.17, 15) is 14.7 Å². The Bertz CT molecular complexity index is 1880. The van der Waals surface area contributed by atoms with Crippen LogP contribution in [0.5, 0.6) is 0 Å². The molecule has 2 aromatic carbocycles. The molecule has 218 valence electrons. The summed E-state index contributed by atoms with van der Waals surface area (Å²) in [6.45, 7) is 2.64. The van der Waals surface area contributed by atoms with Crippen molar-refractivity contribution in [3.63, 3.8) is 0 Å². The Kier molecular flexibility index (Phi) is 6.65. The standard InChI is InChI=1S/C31H26F2N6O3S/c1-17-20-4-2-3-5-21(20)24(33)16-38(17)30(40)26-13-27(29-34-9-11-43-29)39-28(35-26)14-25(36-39)22-7-6-19(12-23(22)32)37-10-8-18(15-37)31(41)42/h2-7,9,11-14,17-18,24H,8,10,15-16H2,1H3,(H,41,42)/t17-,18+,24-/m1/s1. The van der Waals surface area contributed by atoms with E-state index in [-0.39, 0.29) is 23.8 Å². The zero-order valence-corrected chi connectivity index (χ0v) is 23.8. The number of hydrogen-bond donors (Lipinski definition) is 1. The van der Waals surface area contributed by atoms with E-state index in [1.807, 2.05) is 24.0 Å². The maximum Gasteiger partial charge on any atom is 0.308 e. The predicted octanol–water partition coefficient (Wildman–Crippen LogP) is 5.80. The summed E-state index contributed by atoms with van der Waals surface area (Å²) in [5.74, 6) is -2.27. The van der Waals surface area contributed by atoms with Crippen molar-refractivity contribution in [3.05, 3.63) is 88.8 Å². The van der Waals surface area contributed by atoms with Gasteiger partial charge in [-0.15, -0.1) is 11.3 Å². The van der Waals surface area contributed by atoms with Gasteiger partial charge in [0.25, 0.3) is 5.91 Å². The molecule has 5 heterocycles. The fourth-order valence-corrected chi connectivity index (χ4v) is 6.64. The molecule has 43 heavy (non-hydrogen) atoms. The highest BCUT2D eigenvalue weighted by Crippen LogP contribution is 2.38. The zero-order valence-electron chi connectivity index (χ0n) is 23.0. The van der Waals surface area contributed by atoms with Crippen LogP contribution in [0.15, 0.2) is 66.2 Å². The zero-order chi connectivity index (χ0) is 29.8. The first kappa shape index (κ1) is 27.1. The van der Waals surface area contributed by atoms with Gasteiger partial charge in [0, 0.05) is 42.0 Å². The molecular formula is C31H26F2N6O3S. The molecule has 2 aliphatic heterocycles. The number of carbonyl (C=O) groups is 2. The van der Waals surface area contributed by atoms with Gasteiger partial charge < -0.3 is 14.9 Å². The lowest BCUT2D eigenvalue weighted by atomic mass is 9.92. The molecule has 9 nitrogen and oxygen atoms in total. The number of fused-ring (bicyclic) bond motifs is 2. The van der Waals surface area contributed by atoms with Crippen LogP contribution < -0.4 is 4.90 Å². The summed E-state index contributed by atoms with van der Waals surface area (Å²) < 4.78 is 32.2. The van der Waals surface area contributed by atoms with Gasteiger partial charge in [-0.25, -0.2) is 23.3 Å². The Morgan fingerprint density at radius 1 is 1.07 bits per heavy atom. The van der Waals surface area contributed by atoms with Crippen LogP contribution >= 0.6 is 11.3 Å². The molecular weight excluding hydrogens is 574 g/mol. The Hall–Kier alpha value is -4.71. The third kappa shape index (κ3) is 4.71. The van der Waals surface area contributed by atoms with Gasteiger partial charge in [0.1, 0.15) is 28.4 Å². The van der Waals surface area contributed by atoms with Crippen LogP contribution in [-0.4, -0.2) is 61.1 Å². The number of halogens is 2. The van der Waals surface area contributed by atoms with Crippen LogP contribution in [-0.2, 0) is 4.79 Å². The molecule has 0 aliphatic carbocycles. The van der Waals surface area contributed by atoms with E-state index in [4.69, 9.17) is 0 Å². The number of nitrogens with zero attached hydrogens (tertiary/aromatic N) is 6. The monoisotopic (exact) mass is 600 g/mol. The molecule has 7 rings (SSSR count). The highest BCUT2D eigenvalue weighted by Gasteiger charge is 2.35. The fraction of sp³-hybridized carbons (Fsp3) is 0.258. The lowest BCUT2D eigenvalue weighted by molar-refractivity contribution is -0.140. The summed E-state index contributed by atoms with van der Waals surface area (Å²) in [4.78, 5) is 37.5. The van der Waals surface area contributed by atoms with Crippen LogP contribution in [0.4, 0.5) is 14.5 Å². The lowest BCUT2D eigenvalue weighted by Crippen LogP contribution is -2.40. The SMILES string of the molecule is C[C@@H]1c2ccccc2[C@H](F)CN1C(=O)c1cc(-c2nccs2)n2nc(-c3ccc(N4CC[C@H](C(=O)O)C4)cc3F)cc2n1. The van der Waals surface area contributed by atoms with Crippen LogP contribution in [0, 0.1) is 11.7 Å². The molecule has 0 saturated carbocycles. The number of carboxylic acid groups (broad SMARTS) is 1. The van der Waals surface area contributed by atoms with Gasteiger partial charge in [0.05, 0.1) is 24.2 Å². The molecule has 5 aromatic rings. The van der Waals surface area contributed by atoms with Gasteiger partial charge in [0.2, 0.25) is 0 Å². The van der Waals surface area contributed by atoms with E-state index in [0.717, 1.165) is 5.56 Å². The molecule has 1 N–H and O–H groups in total. The summed E-state index contributed by atoms with van der Waals surface area (Å²) in [6.07, 6.45) is 0.828.